The largest absolute Gasteiger partial charge is 0.345 e. The zero-order valence-corrected chi connectivity index (χ0v) is 30.7. The van der Waals surface area contributed by atoms with Crippen molar-refractivity contribution in [3.63, 3.8) is 0 Å². The molecule has 0 aliphatic carbocycles. The highest BCUT2D eigenvalue weighted by atomic mass is 15.1. The van der Waals surface area contributed by atoms with Crippen molar-refractivity contribution in [1.29, 1.82) is 0 Å². The van der Waals surface area contributed by atoms with Gasteiger partial charge < -0.3 is 4.90 Å². The van der Waals surface area contributed by atoms with Crippen LogP contribution in [0.2, 0.25) is 0 Å². The van der Waals surface area contributed by atoms with Crippen LogP contribution in [-0.2, 0) is 0 Å². The Morgan fingerprint density at radius 2 is 0.882 bits per heavy atom. The number of anilines is 2. The first kappa shape index (κ1) is 33.8. The van der Waals surface area contributed by atoms with Crippen LogP contribution in [0.3, 0.4) is 0 Å². The number of benzene rings is 7. The summed E-state index contributed by atoms with van der Waals surface area (Å²) in [5, 5.41) is 0. The summed E-state index contributed by atoms with van der Waals surface area (Å²) in [6, 6.07) is 58.2. The fraction of sp³-hybridized carbons (Fsp3) is 0.160. The third-order valence-corrected chi connectivity index (χ3v) is 10.6. The molecule has 1 unspecified atom stereocenters. The highest BCUT2D eigenvalue weighted by Gasteiger charge is 2.11. The van der Waals surface area contributed by atoms with E-state index in [0.29, 0.717) is 5.92 Å². The van der Waals surface area contributed by atoms with Crippen LogP contribution in [0.15, 0.2) is 158 Å². The molecule has 1 heteroatoms. The van der Waals surface area contributed by atoms with Crippen molar-refractivity contribution in [3.05, 3.63) is 180 Å². The van der Waals surface area contributed by atoms with Crippen LogP contribution < -0.4 is 4.90 Å². The molecule has 7 aromatic carbocycles. The molecule has 252 valence electrons. The average molecular weight is 662 g/mol. The highest BCUT2D eigenvalue weighted by Crippen LogP contribution is 2.35. The second kappa shape index (κ2) is 14.7. The molecule has 0 radical (unpaired) electrons. The molecule has 1 atom stereocenters. The van der Waals surface area contributed by atoms with Crippen LogP contribution in [0.4, 0.5) is 11.4 Å². The van der Waals surface area contributed by atoms with Gasteiger partial charge in [-0.25, -0.2) is 0 Å². The molecule has 7 rings (SSSR count). The zero-order chi connectivity index (χ0) is 35.5. The van der Waals surface area contributed by atoms with E-state index in [2.05, 4.69) is 204 Å². The Morgan fingerprint density at radius 1 is 0.431 bits per heavy atom. The molecule has 1 nitrogen and oxygen atoms in total. The number of rotatable bonds is 9. The van der Waals surface area contributed by atoms with Gasteiger partial charge in [0.25, 0.3) is 0 Å². The summed E-state index contributed by atoms with van der Waals surface area (Å²) in [5.41, 5.74) is 20.0. The summed E-state index contributed by atoms with van der Waals surface area (Å²) in [6.45, 7) is 11.1. The molecule has 0 N–H and O–H groups in total. The van der Waals surface area contributed by atoms with Gasteiger partial charge >= 0.3 is 0 Å². The molecule has 0 fully saturated rings. The molecule has 0 spiro atoms. The van der Waals surface area contributed by atoms with E-state index in [4.69, 9.17) is 0 Å². The Kier molecular flexibility index (Phi) is 9.73. The molecule has 0 saturated carbocycles. The molecule has 0 aromatic heterocycles. The van der Waals surface area contributed by atoms with E-state index < -0.39 is 0 Å². The van der Waals surface area contributed by atoms with Crippen LogP contribution in [0.25, 0.3) is 55.6 Å². The monoisotopic (exact) mass is 661 g/mol. The van der Waals surface area contributed by atoms with Crippen molar-refractivity contribution in [2.75, 3.05) is 11.9 Å². The normalized spacial score (nSPS) is 11.7. The first-order valence-electron chi connectivity index (χ1n) is 18.2. The van der Waals surface area contributed by atoms with Crippen molar-refractivity contribution in [2.24, 2.45) is 0 Å². The molecule has 51 heavy (non-hydrogen) atoms. The summed E-state index contributed by atoms with van der Waals surface area (Å²) in [5.74, 6) is 0.584. The Labute approximate surface area is 304 Å². The summed E-state index contributed by atoms with van der Waals surface area (Å²) in [6.07, 6.45) is 1.16. The predicted octanol–water partition coefficient (Wildman–Crippen LogP) is 14.2. The molecule has 0 aliphatic rings. The zero-order valence-electron chi connectivity index (χ0n) is 30.7. The minimum absolute atomic E-state index is 0.584. The lowest BCUT2D eigenvalue weighted by molar-refractivity contribution is 0.734. The van der Waals surface area contributed by atoms with Crippen molar-refractivity contribution in [1.82, 2.24) is 0 Å². The lowest BCUT2D eigenvalue weighted by Crippen LogP contribution is -2.09. The number of hydrogen-bond acceptors (Lipinski definition) is 1. The Hall–Kier alpha value is -5.66. The van der Waals surface area contributed by atoms with Gasteiger partial charge in [-0.05, 0) is 136 Å². The van der Waals surface area contributed by atoms with E-state index >= 15 is 0 Å². The Balaban J connectivity index is 1.07. The van der Waals surface area contributed by atoms with Crippen LogP contribution in [0.1, 0.15) is 48.4 Å². The quantitative estimate of drug-likeness (QED) is 0.149. The van der Waals surface area contributed by atoms with Gasteiger partial charge in [0.1, 0.15) is 0 Å². The lowest BCUT2D eigenvalue weighted by Gasteiger charge is -2.22. The first-order valence-corrected chi connectivity index (χ1v) is 18.2. The maximum Gasteiger partial charge on any atom is 0.0414 e. The number of aryl methyl sites for hydroxylation is 3. The topological polar surface area (TPSA) is 3.24 Å². The smallest absolute Gasteiger partial charge is 0.0414 e. The van der Waals surface area contributed by atoms with Gasteiger partial charge in [-0.1, -0.05) is 147 Å². The fourth-order valence-electron chi connectivity index (χ4n) is 7.16. The molecular formula is C50H47N. The summed E-state index contributed by atoms with van der Waals surface area (Å²) >= 11 is 0. The fourth-order valence-corrected chi connectivity index (χ4v) is 7.16. The minimum atomic E-state index is 0.584. The van der Waals surface area contributed by atoms with E-state index in [9.17, 15) is 0 Å². The van der Waals surface area contributed by atoms with Crippen molar-refractivity contribution in [3.8, 4) is 55.6 Å². The second-order valence-corrected chi connectivity index (χ2v) is 14.1. The van der Waals surface area contributed by atoms with Crippen LogP contribution in [0.5, 0.6) is 0 Å². The SMILES string of the molecule is CCC(C)c1ccc(-c2cccc(-c3cccc(N(C)c4ccc(-c5ccc(-c6ccc(-c7ccc(C)cc7C)cc6)cc5)c(C)c4)c3)c2)cc1. The van der Waals surface area contributed by atoms with E-state index in [1.165, 1.54) is 83.6 Å². The summed E-state index contributed by atoms with van der Waals surface area (Å²) in [4.78, 5) is 2.28. The van der Waals surface area contributed by atoms with Crippen molar-refractivity contribution >= 4 is 11.4 Å². The molecule has 0 aliphatic heterocycles. The van der Waals surface area contributed by atoms with Gasteiger partial charge in [-0.2, -0.15) is 0 Å². The lowest BCUT2D eigenvalue weighted by atomic mass is 9.94. The maximum absolute atomic E-state index is 2.31. The second-order valence-electron chi connectivity index (χ2n) is 14.1. The molecule has 0 bridgehead atoms. The average Bonchev–Trinajstić information content (AvgIpc) is 3.17. The minimum Gasteiger partial charge on any atom is -0.345 e. The van der Waals surface area contributed by atoms with Gasteiger partial charge in [0.05, 0.1) is 0 Å². The molecular weight excluding hydrogens is 615 g/mol. The van der Waals surface area contributed by atoms with Crippen LogP contribution in [0, 0.1) is 20.8 Å². The molecule has 0 heterocycles. The first-order chi connectivity index (χ1) is 24.8. The van der Waals surface area contributed by atoms with E-state index in [0.717, 1.165) is 12.1 Å². The van der Waals surface area contributed by atoms with E-state index in [-0.39, 0.29) is 0 Å². The maximum atomic E-state index is 2.31. The van der Waals surface area contributed by atoms with E-state index in [1.54, 1.807) is 0 Å². The third kappa shape index (κ3) is 7.30. The van der Waals surface area contributed by atoms with Gasteiger partial charge in [-0.3, -0.25) is 0 Å². The van der Waals surface area contributed by atoms with Gasteiger partial charge in [0.2, 0.25) is 0 Å². The Morgan fingerprint density at radius 3 is 1.45 bits per heavy atom. The van der Waals surface area contributed by atoms with Crippen LogP contribution in [-0.4, -0.2) is 7.05 Å². The van der Waals surface area contributed by atoms with Crippen LogP contribution >= 0.6 is 0 Å². The molecule has 0 amide bonds. The standard InChI is InChI=1S/C50H47N/c1-7-35(3)38-15-17-41(18-16-38)44-10-8-11-45(32-44)46-12-9-13-47(33-46)51(6)48-27-29-50(37(5)31-48)43-25-21-40(22-26-43)39-19-23-42(24-20-39)49-28-14-34(2)30-36(49)4/h8-33,35H,7H2,1-6H3. The van der Waals surface area contributed by atoms with Crippen molar-refractivity contribution < 1.29 is 0 Å². The highest BCUT2D eigenvalue weighted by molar-refractivity contribution is 5.79. The Bertz CT molecular complexity index is 2270. The van der Waals surface area contributed by atoms with Gasteiger partial charge in [-0.15, -0.1) is 0 Å². The molecule has 7 aromatic rings. The van der Waals surface area contributed by atoms with Gasteiger partial charge in [0, 0.05) is 18.4 Å². The summed E-state index contributed by atoms with van der Waals surface area (Å²) < 4.78 is 0. The predicted molar refractivity (Wildman–Crippen MR) is 221 cm³/mol. The number of hydrogen-bond donors (Lipinski definition) is 0. The van der Waals surface area contributed by atoms with E-state index in [1.807, 2.05) is 0 Å². The van der Waals surface area contributed by atoms with Gasteiger partial charge in [0.15, 0.2) is 0 Å². The molecule has 0 saturated heterocycles. The third-order valence-electron chi connectivity index (χ3n) is 10.6. The summed E-state index contributed by atoms with van der Waals surface area (Å²) in [7, 11) is 2.16. The number of nitrogens with zero attached hydrogens (tertiary/aromatic N) is 1. The van der Waals surface area contributed by atoms with Crippen molar-refractivity contribution in [2.45, 2.75) is 47.0 Å².